The third kappa shape index (κ3) is 5.23. The van der Waals surface area contributed by atoms with Crippen LogP contribution in [0.15, 0.2) is 47.4 Å². The Bertz CT molecular complexity index is 1580. The molecule has 0 unspecified atom stereocenters. The molecule has 0 saturated carbocycles. The molecule has 0 aliphatic carbocycles. The van der Waals surface area contributed by atoms with Crippen molar-refractivity contribution in [3.05, 3.63) is 69.6 Å². The van der Waals surface area contributed by atoms with Crippen LogP contribution in [-0.4, -0.2) is 83.5 Å². The number of benzene rings is 2. The lowest BCUT2D eigenvalue weighted by atomic mass is 10.0. The average molecular weight is 544 g/mol. The number of carbonyl (C=O) groups excluding carboxylic acids is 1. The fourth-order valence-electron chi connectivity index (χ4n) is 6.11. The first-order valence-electron chi connectivity index (χ1n) is 14.3. The summed E-state index contributed by atoms with van der Waals surface area (Å²) < 4.78 is 12.9. The zero-order valence-electron chi connectivity index (χ0n) is 23.3. The predicted octanol–water partition coefficient (Wildman–Crippen LogP) is 3.94. The number of aryl methyl sites for hydroxylation is 2. The Morgan fingerprint density at radius 2 is 1.90 bits per heavy atom. The van der Waals surface area contributed by atoms with Crippen LogP contribution in [0.5, 0.6) is 5.75 Å². The van der Waals surface area contributed by atoms with Crippen LogP contribution in [0, 0.1) is 6.92 Å². The van der Waals surface area contributed by atoms with Crippen LogP contribution >= 0.6 is 0 Å². The molecule has 1 N–H and O–H groups in total. The Labute approximate surface area is 233 Å². The number of ether oxygens (including phenoxy) is 2. The van der Waals surface area contributed by atoms with Gasteiger partial charge in [0.05, 0.1) is 35.8 Å². The number of hydrogen-bond donors (Lipinski definition) is 1. The molecule has 210 valence electrons. The van der Waals surface area contributed by atoms with Gasteiger partial charge in [0.1, 0.15) is 5.75 Å². The number of piperazine rings is 1. The van der Waals surface area contributed by atoms with Gasteiger partial charge in [0.15, 0.2) is 0 Å². The number of H-pyrrole nitrogens is 1. The average Bonchev–Trinajstić information content (AvgIpc) is 3.44. The molecule has 2 aromatic heterocycles. The summed E-state index contributed by atoms with van der Waals surface area (Å²) in [5.74, 6) is 0.945. The summed E-state index contributed by atoms with van der Waals surface area (Å²) in [6.45, 7) is 7.46. The fraction of sp³-hybridized carbons (Fsp3) is 0.452. The Kier molecular flexibility index (Phi) is 7.58. The SMILES string of the molecule is COc1cccc(CCCN2CCN(C(=O)c3cc4c(cc3C)[nH]c(=O)c3cnn(C5CCOCC5)c34)CC2)c1. The van der Waals surface area contributed by atoms with Gasteiger partial charge in [-0.25, -0.2) is 0 Å². The van der Waals surface area contributed by atoms with Crippen molar-refractivity contribution in [1.82, 2.24) is 24.6 Å². The Morgan fingerprint density at radius 1 is 1.10 bits per heavy atom. The summed E-state index contributed by atoms with van der Waals surface area (Å²) >= 11 is 0. The number of aromatic amines is 1. The van der Waals surface area contributed by atoms with Gasteiger partial charge in [0.2, 0.25) is 0 Å². The minimum Gasteiger partial charge on any atom is -0.497 e. The van der Waals surface area contributed by atoms with Gasteiger partial charge in [0.25, 0.3) is 11.5 Å². The maximum absolute atomic E-state index is 13.7. The maximum atomic E-state index is 13.7. The van der Waals surface area contributed by atoms with E-state index in [1.807, 2.05) is 40.8 Å². The topological polar surface area (TPSA) is 92.7 Å². The van der Waals surface area contributed by atoms with Gasteiger partial charge in [0, 0.05) is 50.3 Å². The van der Waals surface area contributed by atoms with E-state index in [2.05, 4.69) is 27.1 Å². The highest BCUT2D eigenvalue weighted by atomic mass is 16.5. The zero-order valence-corrected chi connectivity index (χ0v) is 23.3. The predicted molar refractivity (Wildman–Crippen MR) is 155 cm³/mol. The van der Waals surface area contributed by atoms with E-state index in [-0.39, 0.29) is 17.5 Å². The van der Waals surface area contributed by atoms with Gasteiger partial charge < -0.3 is 19.4 Å². The number of aromatic nitrogens is 3. The van der Waals surface area contributed by atoms with Crippen molar-refractivity contribution >= 4 is 27.7 Å². The van der Waals surface area contributed by atoms with Gasteiger partial charge in [-0.05, 0) is 74.5 Å². The first-order valence-corrected chi connectivity index (χ1v) is 14.3. The lowest BCUT2D eigenvalue weighted by Crippen LogP contribution is -2.49. The number of methoxy groups -OCH3 is 1. The Morgan fingerprint density at radius 3 is 2.67 bits per heavy atom. The first-order chi connectivity index (χ1) is 19.5. The van der Waals surface area contributed by atoms with Crippen molar-refractivity contribution in [3.63, 3.8) is 0 Å². The third-order valence-electron chi connectivity index (χ3n) is 8.41. The van der Waals surface area contributed by atoms with E-state index in [0.29, 0.717) is 37.3 Å². The van der Waals surface area contributed by atoms with Gasteiger partial charge in [-0.3, -0.25) is 19.2 Å². The molecule has 9 nitrogen and oxygen atoms in total. The molecule has 1 amide bonds. The van der Waals surface area contributed by atoms with Crippen LogP contribution in [0.3, 0.4) is 0 Å². The van der Waals surface area contributed by atoms with E-state index in [1.165, 1.54) is 5.56 Å². The second-order valence-corrected chi connectivity index (χ2v) is 11.0. The number of nitrogens with zero attached hydrogens (tertiary/aromatic N) is 4. The van der Waals surface area contributed by atoms with Crippen molar-refractivity contribution in [3.8, 4) is 5.75 Å². The van der Waals surface area contributed by atoms with E-state index in [4.69, 9.17) is 9.47 Å². The number of carbonyl (C=O) groups is 1. The molecule has 40 heavy (non-hydrogen) atoms. The quantitative estimate of drug-likeness (QED) is 0.380. The Balaban J connectivity index is 1.17. The third-order valence-corrected chi connectivity index (χ3v) is 8.41. The molecule has 2 fully saturated rings. The van der Waals surface area contributed by atoms with Gasteiger partial charge >= 0.3 is 0 Å². The van der Waals surface area contributed by atoms with Crippen LogP contribution in [0.25, 0.3) is 21.8 Å². The molecule has 2 aliphatic rings. The molecular formula is C31H37N5O4. The number of fused-ring (bicyclic) bond motifs is 3. The maximum Gasteiger partial charge on any atom is 0.259 e. The summed E-state index contributed by atoms with van der Waals surface area (Å²) in [5, 5.41) is 6.04. The number of pyridine rings is 1. The van der Waals surface area contributed by atoms with Crippen LogP contribution < -0.4 is 10.3 Å². The molecule has 2 aliphatic heterocycles. The van der Waals surface area contributed by atoms with Crippen molar-refractivity contribution in [1.29, 1.82) is 0 Å². The van der Waals surface area contributed by atoms with Crippen LogP contribution in [-0.2, 0) is 11.2 Å². The first kappa shape index (κ1) is 26.5. The minimum atomic E-state index is -0.151. The molecule has 0 radical (unpaired) electrons. The van der Waals surface area contributed by atoms with Crippen molar-refractivity contribution in [2.24, 2.45) is 0 Å². The molecule has 9 heteroatoms. The standard InChI is InChI=1S/C31H37N5O4/c1-21-17-28-26(29-27(30(37)33-28)20-32-36(29)23-8-15-40-16-9-23)19-25(21)31(38)35-13-11-34(12-14-35)10-4-6-22-5-3-7-24(18-22)39-2/h3,5,7,17-20,23H,4,6,8-16H2,1-2H3,(H,33,37). The van der Waals surface area contributed by atoms with E-state index in [9.17, 15) is 9.59 Å². The van der Waals surface area contributed by atoms with Gasteiger partial charge in [-0.2, -0.15) is 5.10 Å². The summed E-state index contributed by atoms with van der Waals surface area (Å²) in [6, 6.07) is 12.3. The highest BCUT2D eigenvalue weighted by Crippen LogP contribution is 2.30. The van der Waals surface area contributed by atoms with Gasteiger partial charge in [-0.15, -0.1) is 0 Å². The van der Waals surface area contributed by atoms with E-state index >= 15 is 0 Å². The van der Waals surface area contributed by atoms with Crippen molar-refractivity contribution < 1.29 is 14.3 Å². The van der Waals surface area contributed by atoms with Crippen molar-refractivity contribution in [2.45, 2.75) is 38.6 Å². The molecule has 4 heterocycles. The molecule has 4 aromatic rings. The summed E-state index contributed by atoms with van der Waals surface area (Å²) in [4.78, 5) is 34.0. The number of nitrogens with one attached hydrogen (secondary N) is 1. The van der Waals surface area contributed by atoms with E-state index in [0.717, 1.165) is 73.1 Å². The van der Waals surface area contributed by atoms with Crippen molar-refractivity contribution in [2.75, 3.05) is 53.0 Å². The summed E-state index contributed by atoms with van der Waals surface area (Å²) in [5.41, 5.74) is 4.23. The van der Waals surface area contributed by atoms with Crippen LogP contribution in [0.4, 0.5) is 0 Å². The highest BCUT2D eigenvalue weighted by Gasteiger charge is 2.25. The number of hydrogen-bond acceptors (Lipinski definition) is 6. The molecular weight excluding hydrogens is 506 g/mol. The summed E-state index contributed by atoms with van der Waals surface area (Å²) in [6.07, 6.45) is 5.44. The second kappa shape index (κ2) is 11.4. The number of rotatable bonds is 7. The highest BCUT2D eigenvalue weighted by molar-refractivity contribution is 6.07. The normalized spacial score (nSPS) is 17.1. The molecule has 0 atom stereocenters. The molecule has 2 aromatic carbocycles. The lowest BCUT2D eigenvalue weighted by molar-refractivity contribution is 0.0635. The van der Waals surface area contributed by atoms with E-state index in [1.54, 1.807) is 13.3 Å². The largest absolute Gasteiger partial charge is 0.497 e. The molecule has 2 saturated heterocycles. The van der Waals surface area contributed by atoms with Crippen LogP contribution in [0.1, 0.15) is 46.8 Å². The number of amides is 1. The zero-order chi connectivity index (χ0) is 27.6. The minimum absolute atomic E-state index is 0.0481. The molecule has 0 spiro atoms. The van der Waals surface area contributed by atoms with Gasteiger partial charge in [-0.1, -0.05) is 12.1 Å². The van der Waals surface area contributed by atoms with E-state index < -0.39 is 0 Å². The lowest BCUT2D eigenvalue weighted by Gasteiger charge is -2.35. The molecule has 6 rings (SSSR count). The summed E-state index contributed by atoms with van der Waals surface area (Å²) in [7, 11) is 1.70. The Hall–Kier alpha value is -3.69. The fourth-order valence-corrected chi connectivity index (χ4v) is 6.11. The smallest absolute Gasteiger partial charge is 0.259 e. The second-order valence-electron chi connectivity index (χ2n) is 11.0. The van der Waals surface area contributed by atoms with Crippen LogP contribution in [0.2, 0.25) is 0 Å². The molecule has 0 bridgehead atoms. The monoisotopic (exact) mass is 543 g/mol.